The quantitative estimate of drug-likeness (QED) is 0.733. The second-order valence-corrected chi connectivity index (χ2v) is 6.80. The summed E-state index contributed by atoms with van der Waals surface area (Å²) in [5.41, 5.74) is 2.85. The van der Waals surface area contributed by atoms with Gasteiger partial charge in [0.2, 0.25) is 0 Å². The molecular weight excluding hydrogens is 250 g/mol. The summed E-state index contributed by atoms with van der Waals surface area (Å²) in [5, 5.41) is 10.2. The van der Waals surface area contributed by atoms with E-state index in [0.717, 1.165) is 31.6 Å². The number of rotatable bonds is 0. The van der Waals surface area contributed by atoms with Crippen LogP contribution in [-0.4, -0.2) is 35.7 Å². The van der Waals surface area contributed by atoms with E-state index in [-0.39, 0.29) is 11.5 Å². The van der Waals surface area contributed by atoms with Crippen LogP contribution in [0.1, 0.15) is 24.0 Å². The average molecular weight is 269 g/mol. The lowest BCUT2D eigenvalue weighted by Gasteiger charge is -2.56. The van der Waals surface area contributed by atoms with Crippen molar-refractivity contribution in [2.75, 3.05) is 13.6 Å². The Bertz CT molecular complexity index is 638. The Hall–Kier alpha value is -1.48. The molecule has 1 N–H and O–H groups in total. The van der Waals surface area contributed by atoms with Crippen molar-refractivity contribution < 1.29 is 9.84 Å². The first kappa shape index (κ1) is 11.2. The van der Waals surface area contributed by atoms with Crippen molar-refractivity contribution in [3.05, 3.63) is 35.4 Å². The maximum atomic E-state index is 10.2. The van der Waals surface area contributed by atoms with E-state index in [0.29, 0.717) is 17.7 Å². The summed E-state index contributed by atoms with van der Waals surface area (Å²) in [5.74, 6) is 1.72. The molecule has 0 aromatic heterocycles. The van der Waals surface area contributed by atoms with Crippen LogP contribution in [0.15, 0.2) is 24.3 Å². The van der Waals surface area contributed by atoms with Crippen molar-refractivity contribution in [1.82, 2.24) is 4.90 Å². The molecule has 4 aliphatic rings. The summed E-state index contributed by atoms with van der Waals surface area (Å²) in [7, 11) is 2.26. The number of allylic oxidation sites excluding steroid dienone is 1. The van der Waals surface area contributed by atoms with Crippen LogP contribution < -0.4 is 4.74 Å². The van der Waals surface area contributed by atoms with Crippen LogP contribution in [0.2, 0.25) is 0 Å². The molecule has 0 saturated carbocycles. The van der Waals surface area contributed by atoms with E-state index in [4.69, 9.17) is 4.74 Å². The standard InChI is InChI=1S/C17H19NO2/c1-18-8-7-17-11-3-2-4-14(17)20-16-13(19)6-5-10(15(16)17)9-12(11)18/h2,4-6,11-12,14,19H,3,7-9H2,1H3/t11-,12+,14-,17+/m0/s1. The van der Waals surface area contributed by atoms with Gasteiger partial charge in [-0.15, -0.1) is 0 Å². The number of benzene rings is 1. The van der Waals surface area contributed by atoms with Gasteiger partial charge >= 0.3 is 0 Å². The molecule has 1 saturated heterocycles. The van der Waals surface area contributed by atoms with Crippen LogP contribution in [-0.2, 0) is 11.8 Å². The molecule has 3 heteroatoms. The third-order valence-corrected chi connectivity index (χ3v) is 6.14. The zero-order valence-corrected chi connectivity index (χ0v) is 11.7. The molecule has 1 aromatic carbocycles. The van der Waals surface area contributed by atoms with E-state index < -0.39 is 0 Å². The molecule has 2 heterocycles. The highest BCUT2D eigenvalue weighted by atomic mass is 16.5. The maximum Gasteiger partial charge on any atom is 0.166 e. The molecule has 104 valence electrons. The number of likely N-dealkylation sites (N-methyl/N-ethyl adjacent to an activating group) is 1. The Morgan fingerprint density at radius 2 is 2.30 bits per heavy atom. The molecular formula is C17H19NO2. The van der Waals surface area contributed by atoms with Crippen LogP contribution in [0.4, 0.5) is 0 Å². The highest BCUT2D eigenvalue weighted by Gasteiger charge is 2.62. The van der Waals surface area contributed by atoms with Gasteiger partial charge in [-0.1, -0.05) is 12.1 Å². The van der Waals surface area contributed by atoms with Gasteiger partial charge in [0, 0.05) is 17.0 Å². The summed E-state index contributed by atoms with van der Waals surface area (Å²) in [6.07, 6.45) is 8.02. The van der Waals surface area contributed by atoms with Gasteiger partial charge in [-0.3, -0.25) is 0 Å². The smallest absolute Gasteiger partial charge is 0.166 e. The topological polar surface area (TPSA) is 32.7 Å². The van der Waals surface area contributed by atoms with Gasteiger partial charge in [-0.25, -0.2) is 0 Å². The molecule has 2 aliphatic carbocycles. The summed E-state index contributed by atoms with van der Waals surface area (Å²) in [6.45, 7) is 1.13. The molecule has 4 atom stereocenters. The molecule has 0 amide bonds. The first-order valence-corrected chi connectivity index (χ1v) is 7.60. The van der Waals surface area contributed by atoms with Crippen molar-refractivity contribution >= 4 is 0 Å². The van der Waals surface area contributed by atoms with Crippen molar-refractivity contribution in [2.24, 2.45) is 5.92 Å². The molecule has 1 fully saturated rings. The van der Waals surface area contributed by atoms with E-state index in [1.807, 2.05) is 6.07 Å². The van der Waals surface area contributed by atoms with E-state index >= 15 is 0 Å². The minimum Gasteiger partial charge on any atom is -0.504 e. The Balaban J connectivity index is 1.85. The van der Waals surface area contributed by atoms with Crippen molar-refractivity contribution in [2.45, 2.75) is 36.8 Å². The van der Waals surface area contributed by atoms with E-state index in [1.54, 1.807) is 0 Å². The van der Waals surface area contributed by atoms with Crippen LogP contribution >= 0.6 is 0 Å². The highest BCUT2D eigenvalue weighted by Crippen LogP contribution is 2.62. The largest absolute Gasteiger partial charge is 0.504 e. The second-order valence-electron chi connectivity index (χ2n) is 6.80. The fourth-order valence-corrected chi connectivity index (χ4v) is 5.26. The molecule has 3 nitrogen and oxygen atoms in total. The van der Waals surface area contributed by atoms with Gasteiger partial charge in [0.15, 0.2) is 11.5 Å². The fraction of sp³-hybridized carbons (Fsp3) is 0.529. The van der Waals surface area contributed by atoms with Crippen molar-refractivity contribution in [1.29, 1.82) is 0 Å². The molecule has 0 unspecified atom stereocenters. The summed E-state index contributed by atoms with van der Waals surface area (Å²) < 4.78 is 6.19. The van der Waals surface area contributed by atoms with E-state index in [9.17, 15) is 5.11 Å². The Morgan fingerprint density at radius 1 is 1.40 bits per heavy atom. The van der Waals surface area contributed by atoms with E-state index in [1.165, 1.54) is 11.1 Å². The minimum atomic E-state index is 0.119. The predicted octanol–water partition coefficient (Wildman–Crippen LogP) is 2.23. The third-order valence-electron chi connectivity index (χ3n) is 6.14. The van der Waals surface area contributed by atoms with Crippen LogP contribution in [0.3, 0.4) is 0 Å². The molecule has 1 aromatic rings. The van der Waals surface area contributed by atoms with Crippen LogP contribution in [0, 0.1) is 5.92 Å². The Morgan fingerprint density at radius 3 is 3.20 bits per heavy atom. The number of phenolic OH excluding ortho intramolecular Hbond substituents is 1. The third kappa shape index (κ3) is 1.05. The molecule has 20 heavy (non-hydrogen) atoms. The van der Waals surface area contributed by atoms with Crippen molar-refractivity contribution in [3.63, 3.8) is 0 Å². The SMILES string of the molecule is CN1CC[C@]23c4c5ccc(O)c4O[C@H]2C=CC[C@H]3[C@H]1C5. The molecule has 0 radical (unpaired) electrons. The molecule has 5 rings (SSSR count). The van der Waals surface area contributed by atoms with Crippen molar-refractivity contribution in [3.8, 4) is 11.5 Å². The van der Waals surface area contributed by atoms with Gasteiger partial charge in [0.1, 0.15) is 6.10 Å². The lowest BCUT2D eigenvalue weighted by Crippen LogP contribution is -2.62. The zero-order chi connectivity index (χ0) is 13.5. The predicted molar refractivity (Wildman–Crippen MR) is 76.2 cm³/mol. The lowest BCUT2D eigenvalue weighted by molar-refractivity contribution is -0.00384. The monoisotopic (exact) mass is 269 g/mol. The van der Waals surface area contributed by atoms with Gasteiger partial charge in [-0.2, -0.15) is 0 Å². The minimum absolute atomic E-state index is 0.119. The number of hydrogen-bond donors (Lipinski definition) is 1. The zero-order valence-electron chi connectivity index (χ0n) is 11.7. The first-order valence-electron chi connectivity index (χ1n) is 7.60. The number of ether oxygens (including phenoxy) is 1. The van der Waals surface area contributed by atoms with Crippen LogP contribution in [0.25, 0.3) is 0 Å². The lowest BCUT2D eigenvalue weighted by atomic mass is 9.53. The molecule has 1 spiro atoms. The van der Waals surface area contributed by atoms with Gasteiger partial charge in [0.25, 0.3) is 0 Å². The number of phenols is 1. The van der Waals surface area contributed by atoms with Crippen LogP contribution in [0.5, 0.6) is 11.5 Å². The Kier molecular flexibility index (Phi) is 1.90. The number of aromatic hydroxyl groups is 1. The molecule has 2 aliphatic heterocycles. The number of nitrogens with zero attached hydrogens (tertiary/aromatic N) is 1. The highest BCUT2D eigenvalue weighted by molar-refractivity contribution is 5.61. The Labute approximate surface area is 118 Å². The summed E-state index contributed by atoms with van der Waals surface area (Å²) in [6, 6.07) is 4.53. The molecule has 2 bridgehead atoms. The maximum absolute atomic E-state index is 10.2. The average Bonchev–Trinajstić information content (AvgIpc) is 2.79. The number of hydrogen-bond acceptors (Lipinski definition) is 3. The number of piperidine rings is 1. The second kappa shape index (κ2) is 3.40. The number of likely N-dealkylation sites (tertiary alicyclic amines) is 1. The normalized spacial score (nSPS) is 40.4. The van der Waals surface area contributed by atoms with E-state index in [2.05, 4.69) is 30.2 Å². The fourth-order valence-electron chi connectivity index (χ4n) is 5.26. The van der Waals surface area contributed by atoms with Gasteiger partial charge in [0.05, 0.1) is 0 Å². The summed E-state index contributed by atoms with van der Waals surface area (Å²) in [4.78, 5) is 2.53. The summed E-state index contributed by atoms with van der Waals surface area (Å²) >= 11 is 0. The van der Waals surface area contributed by atoms with Gasteiger partial charge < -0.3 is 14.7 Å². The first-order chi connectivity index (χ1) is 9.72. The van der Waals surface area contributed by atoms with Gasteiger partial charge in [-0.05, 0) is 56.5 Å².